The summed E-state index contributed by atoms with van der Waals surface area (Å²) in [6.07, 6.45) is 1.23. The third kappa shape index (κ3) is 9.73. The van der Waals surface area contributed by atoms with Gasteiger partial charge < -0.3 is 15.3 Å². The Kier molecular flexibility index (Phi) is 10.2. The summed E-state index contributed by atoms with van der Waals surface area (Å²) < 4.78 is -2.67. The minimum absolute atomic E-state index is 0.178. The van der Waals surface area contributed by atoms with Crippen molar-refractivity contribution in [2.75, 3.05) is 0 Å². The number of thiol groups is 3. The lowest BCUT2D eigenvalue weighted by molar-refractivity contribution is -0.138. The molecule has 0 spiro atoms. The molecule has 0 amide bonds. The van der Waals surface area contributed by atoms with E-state index in [1.165, 1.54) is 0 Å². The highest BCUT2D eigenvalue weighted by molar-refractivity contribution is 7.82. The first-order valence-corrected chi connectivity index (χ1v) is 11.3. The van der Waals surface area contributed by atoms with E-state index in [1.807, 2.05) is 20.8 Å². The van der Waals surface area contributed by atoms with Crippen LogP contribution in [0.5, 0.6) is 0 Å². The molecule has 0 aliphatic heterocycles. The Morgan fingerprint density at radius 2 is 0.867 bits per heavy atom. The van der Waals surface area contributed by atoms with Gasteiger partial charge in [0.05, 0.1) is 19.3 Å². The topological polar surface area (TPSA) is 112 Å². The lowest BCUT2D eigenvalue weighted by atomic mass is 9.53. The predicted octanol–water partition coefficient (Wildman–Crippen LogP) is 5.07. The molecule has 6 nitrogen and oxygen atoms in total. The molecule has 0 aromatic rings. The first-order chi connectivity index (χ1) is 13.2. The molecule has 3 atom stereocenters. The zero-order chi connectivity index (χ0) is 24.2. The average molecular weight is 483 g/mol. The number of aliphatic carboxylic acids is 3. The molecule has 3 N–H and O–H groups in total. The van der Waals surface area contributed by atoms with Gasteiger partial charge in [0.1, 0.15) is 0 Å². The van der Waals surface area contributed by atoms with Crippen LogP contribution in [0.25, 0.3) is 0 Å². The predicted molar refractivity (Wildman–Crippen MR) is 129 cm³/mol. The molecule has 0 aliphatic rings. The van der Waals surface area contributed by atoms with Gasteiger partial charge in [-0.2, -0.15) is 37.9 Å². The van der Waals surface area contributed by atoms with Gasteiger partial charge in [-0.3, -0.25) is 14.4 Å². The Morgan fingerprint density at radius 3 is 1.03 bits per heavy atom. The van der Waals surface area contributed by atoms with Crippen LogP contribution in [0.1, 0.15) is 86.5 Å². The molecule has 0 bridgehead atoms. The number of carbonyl (C=O) groups is 3. The maximum atomic E-state index is 11.4. The molecule has 0 aromatic heterocycles. The van der Waals surface area contributed by atoms with Gasteiger partial charge in [0, 0.05) is 14.2 Å². The van der Waals surface area contributed by atoms with E-state index in [0.717, 1.165) is 6.42 Å². The van der Waals surface area contributed by atoms with E-state index in [1.54, 1.807) is 20.8 Å². The molecule has 0 heterocycles. The number of hydrogen-bond acceptors (Lipinski definition) is 6. The van der Waals surface area contributed by atoms with E-state index in [9.17, 15) is 29.7 Å². The minimum atomic E-state index is -0.978. The highest BCUT2D eigenvalue weighted by Gasteiger charge is 2.53. The van der Waals surface area contributed by atoms with Crippen LogP contribution in [-0.4, -0.2) is 47.5 Å². The summed E-state index contributed by atoms with van der Waals surface area (Å²) in [4.78, 5) is 34.3. The van der Waals surface area contributed by atoms with Gasteiger partial charge in [-0.15, -0.1) is 0 Å². The van der Waals surface area contributed by atoms with E-state index in [-0.39, 0.29) is 24.7 Å². The fourth-order valence-corrected chi connectivity index (χ4v) is 5.95. The van der Waals surface area contributed by atoms with Crippen LogP contribution in [0.2, 0.25) is 0 Å². The van der Waals surface area contributed by atoms with Gasteiger partial charge in [-0.25, -0.2) is 0 Å². The Labute approximate surface area is 196 Å². The normalized spacial score (nSPS) is 20.3. The van der Waals surface area contributed by atoms with Gasteiger partial charge >= 0.3 is 17.9 Å². The van der Waals surface area contributed by atoms with E-state index < -0.39 is 37.6 Å². The zero-order valence-corrected chi connectivity index (χ0v) is 21.5. The van der Waals surface area contributed by atoms with Crippen molar-refractivity contribution >= 4 is 55.8 Å². The molecule has 0 saturated heterocycles. The molecular weight excluding hydrogens is 444 g/mol. The number of hydrogen-bond donors (Lipinski definition) is 6. The fraction of sp³-hybridized carbons (Fsp3) is 0.857. The van der Waals surface area contributed by atoms with Gasteiger partial charge in [-0.05, 0) is 30.1 Å². The van der Waals surface area contributed by atoms with Crippen molar-refractivity contribution in [3.63, 3.8) is 0 Å². The van der Waals surface area contributed by atoms with Crippen molar-refractivity contribution < 1.29 is 29.7 Å². The summed E-state index contributed by atoms with van der Waals surface area (Å²) >= 11 is 14.0. The second kappa shape index (κ2) is 10.4. The number of carboxylic acid groups (broad SMARTS) is 3. The minimum Gasteiger partial charge on any atom is -0.481 e. The Hall–Kier alpha value is -0.540. The SMILES string of the molecule is CCC(C)(C)C(CC(C)(S)CC(=O)O)(CC(C)(S)CC(=O)O)CC(C)(S)CC(=O)O. The molecule has 0 aromatic carbocycles. The molecule has 0 fully saturated rings. The summed E-state index contributed by atoms with van der Waals surface area (Å²) in [5.41, 5.74) is -1.05. The Bertz CT molecular complexity index is 567. The highest BCUT2D eigenvalue weighted by atomic mass is 32.1. The first-order valence-electron chi connectivity index (χ1n) is 10.0. The maximum absolute atomic E-state index is 11.4. The average Bonchev–Trinajstić information content (AvgIpc) is 2.40. The standard InChI is InChI=1S/C21H38O6S3/c1-7-17(2,3)21(11-18(4,28)8-14(22)23,12-19(5,29)9-15(24)25)13-20(6,30)10-16(26)27/h28-30H,7-13H2,1-6H3,(H,22,23)(H,24,25)(H,26,27). The number of rotatable bonds is 14. The van der Waals surface area contributed by atoms with Crippen molar-refractivity contribution in [3.8, 4) is 0 Å². The summed E-state index contributed by atoms with van der Waals surface area (Å²) in [7, 11) is 0. The van der Waals surface area contributed by atoms with Crippen LogP contribution in [-0.2, 0) is 14.4 Å². The van der Waals surface area contributed by atoms with Crippen LogP contribution in [0.15, 0.2) is 0 Å². The second-order valence-electron chi connectivity index (χ2n) is 10.3. The van der Waals surface area contributed by atoms with Crippen LogP contribution in [0.4, 0.5) is 0 Å². The zero-order valence-electron chi connectivity index (χ0n) is 18.9. The third-order valence-corrected chi connectivity index (χ3v) is 7.02. The van der Waals surface area contributed by atoms with Crippen LogP contribution in [0, 0.1) is 10.8 Å². The van der Waals surface area contributed by atoms with Gasteiger partial charge in [0.2, 0.25) is 0 Å². The van der Waals surface area contributed by atoms with Crippen molar-refractivity contribution in [1.82, 2.24) is 0 Å². The molecule has 30 heavy (non-hydrogen) atoms. The largest absolute Gasteiger partial charge is 0.481 e. The van der Waals surface area contributed by atoms with Crippen molar-refractivity contribution in [2.24, 2.45) is 10.8 Å². The first kappa shape index (κ1) is 29.5. The van der Waals surface area contributed by atoms with Crippen molar-refractivity contribution in [3.05, 3.63) is 0 Å². The number of carboxylic acids is 3. The maximum Gasteiger partial charge on any atom is 0.304 e. The van der Waals surface area contributed by atoms with Crippen molar-refractivity contribution in [2.45, 2.75) is 101 Å². The molecule has 0 radical (unpaired) electrons. The Morgan fingerprint density at radius 1 is 0.633 bits per heavy atom. The molecule has 176 valence electrons. The lowest BCUT2D eigenvalue weighted by Gasteiger charge is -2.55. The molecule has 0 aliphatic carbocycles. The smallest absolute Gasteiger partial charge is 0.304 e. The second-order valence-corrected chi connectivity index (χ2v) is 13.5. The highest BCUT2D eigenvalue weighted by Crippen LogP contribution is 2.59. The van der Waals surface area contributed by atoms with Crippen molar-refractivity contribution in [1.29, 1.82) is 0 Å². The molecule has 9 heteroatoms. The molecule has 0 saturated carbocycles. The Balaban J connectivity index is 6.58. The fourth-order valence-electron chi connectivity index (χ4n) is 4.63. The van der Waals surface area contributed by atoms with Crippen LogP contribution >= 0.6 is 37.9 Å². The summed E-state index contributed by atoms with van der Waals surface area (Å²) in [6, 6.07) is 0. The van der Waals surface area contributed by atoms with Gasteiger partial charge in [0.25, 0.3) is 0 Å². The van der Waals surface area contributed by atoms with Gasteiger partial charge in [0.15, 0.2) is 0 Å². The van der Waals surface area contributed by atoms with E-state index in [2.05, 4.69) is 37.9 Å². The van der Waals surface area contributed by atoms with Crippen LogP contribution in [0.3, 0.4) is 0 Å². The summed E-state index contributed by atoms with van der Waals surface area (Å²) in [5, 5.41) is 28.1. The third-order valence-electron chi connectivity index (χ3n) is 6.07. The van der Waals surface area contributed by atoms with E-state index in [4.69, 9.17) is 0 Å². The van der Waals surface area contributed by atoms with Gasteiger partial charge in [-0.1, -0.05) is 48.0 Å². The van der Waals surface area contributed by atoms with Crippen LogP contribution < -0.4 is 0 Å². The molecule has 0 rings (SSSR count). The monoisotopic (exact) mass is 482 g/mol. The lowest BCUT2D eigenvalue weighted by Crippen LogP contribution is -2.50. The summed E-state index contributed by atoms with van der Waals surface area (Å²) in [5.74, 6) is -2.93. The molecule has 3 unspecified atom stereocenters. The van der Waals surface area contributed by atoms with E-state index in [0.29, 0.717) is 19.3 Å². The quantitative estimate of drug-likeness (QED) is 0.193. The summed E-state index contributed by atoms with van der Waals surface area (Å²) in [6.45, 7) is 11.4. The van der Waals surface area contributed by atoms with E-state index >= 15 is 0 Å². The molecular formula is C21H38O6S3.